The van der Waals surface area contributed by atoms with Gasteiger partial charge in [0.15, 0.2) is 0 Å². The van der Waals surface area contributed by atoms with E-state index in [0.717, 1.165) is 18.7 Å². The number of likely N-dealkylation sites (tertiary alicyclic amines) is 1. The van der Waals surface area contributed by atoms with Gasteiger partial charge in [-0.05, 0) is 43.5 Å². The highest BCUT2D eigenvalue weighted by Gasteiger charge is 2.31. The van der Waals surface area contributed by atoms with E-state index in [4.69, 9.17) is 0 Å². The van der Waals surface area contributed by atoms with Gasteiger partial charge in [-0.25, -0.2) is 0 Å². The average molecular weight is 273 g/mol. The molecule has 19 heavy (non-hydrogen) atoms. The zero-order chi connectivity index (χ0) is 14.0. The van der Waals surface area contributed by atoms with Crippen molar-refractivity contribution in [2.24, 2.45) is 5.92 Å². The van der Waals surface area contributed by atoms with Crippen LogP contribution >= 0.6 is 0 Å². The lowest BCUT2D eigenvalue weighted by Crippen LogP contribution is -2.24. The monoisotopic (exact) mass is 273 g/mol. The van der Waals surface area contributed by atoms with Crippen molar-refractivity contribution in [3.63, 3.8) is 0 Å². The van der Waals surface area contributed by atoms with E-state index in [1.165, 1.54) is 18.6 Å². The molecule has 1 fully saturated rings. The van der Waals surface area contributed by atoms with Crippen LogP contribution in [-0.4, -0.2) is 24.4 Å². The minimum Gasteiger partial charge on any atom is -0.406 e. The Balaban J connectivity index is 2.01. The molecule has 1 aromatic carbocycles. The summed E-state index contributed by atoms with van der Waals surface area (Å²) in [5.41, 5.74) is 1.02. The molecule has 2 rings (SSSR count). The number of nitrogens with zero attached hydrogens (tertiary/aromatic N) is 1. The Kier molecular flexibility index (Phi) is 4.04. The fourth-order valence-corrected chi connectivity index (χ4v) is 2.48. The van der Waals surface area contributed by atoms with Crippen molar-refractivity contribution in [3.8, 4) is 5.75 Å². The first-order chi connectivity index (χ1) is 8.85. The summed E-state index contributed by atoms with van der Waals surface area (Å²) in [6, 6.07) is 6.38. The first kappa shape index (κ1) is 14.2. The van der Waals surface area contributed by atoms with Crippen LogP contribution in [0.3, 0.4) is 0 Å². The lowest BCUT2D eigenvalue weighted by molar-refractivity contribution is -0.274. The molecule has 0 saturated carbocycles. The molecule has 0 bridgehead atoms. The molecule has 2 atom stereocenters. The van der Waals surface area contributed by atoms with Crippen LogP contribution in [0.25, 0.3) is 0 Å². The summed E-state index contributed by atoms with van der Waals surface area (Å²) in [4.78, 5) is 2.35. The summed E-state index contributed by atoms with van der Waals surface area (Å²) < 4.78 is 40.0. The fourth-order valence-electron chi connectivity index (χ4n) is 2.48. The minimum absolute atomic E-state index is 0.168. The maximum atomic E-state index is 12.1. The van der Waals surface area contributed by atoms with Gasteiger partial charge in [-0.15, -0.1) is 13.2 Å². The van der Waals surface area contributed by atoms with Gasteiger partial charge in [0.05, 0.1) is 0 Å². The van der Waals surface area contributed by atoms with Gasteiger partial charge in [-0.1, -0.05) is 19.1 Å². The molecule has 1 aliphatic heterocycles. The van der Waals surface area contributed by atoms with Crippen LogP contribution in [0.2, 0.25) is 0 Å². The standard InChI is InChI=1S/C14H18F3NO/c1-10-7-8-18(9-10)11(2)12-3-5-13(6-4-12)19-14(15,16)17/h3-6,10-11H,7-9H2,1-2H3. The minimum atomic E-state index is -4.63. The van der Waals surface area contributed by atoms with Gasteiger partial charge >= 0.3 is 6.36 Å². The van der Waals surface area contributed by atoms with Crippen LogP contribution < -0.4 is 4.74 Å². The van der Waals surface area contributed by atoms with E-state index in [-0.39, 0.29) is 11.8 Å². The molecular weight excluding hydrogens is 255 g/mol. The third-order valence-corrected chi connectivity index (χ3v) is 3.60. The number of hydrogen-bond acceptors (Lipinski definition) is 2. The zero-order valence-electron chi connectivity index (χ0n) is 11.1. The quantitative estimate of drug-likeness (QED) is 0.825. The molecule has 106 valence electrons. The molecule has 0 amide bonds. The molecule has 2 nitrogen and oxygen atoms in total. The Morgan fingerprint density at radius 3 is 2.37 bits per heavy atom. The van der Waals surface area contributed by atoms with Gasteiger partial charge in [0, 0.05) is 12.6 Å². The molecule has 1 heterocycles. The number of benzene rings is 1. The second-order valence-electron chi connectivity index (χ2n) is 5.18. The molecule has 0 spiro atoms. The average Bonchev–Trinajstić information content (AvgIpc) is 2.74. The van der Waals surface area contributed by atoms with E-state index in [1.807, 2.05) is 0 Å². The number of alkyl halides is 3. The predicted octanol–water partition coefficient (Wildman–Crippen LogP) is 3.99. The maximum absolute atomic E-state index is 12.1. The number of halogens is 3. The Morgan fingerprint density at radius 1 is 1.26 bits per heavy atom. The van der Waals surface area contributed by atoms with Crippen molar-refractivity contribution in [1.82, 2.24) is 4.90 Å². The van der Waals surface area contributed by atoms with Gasteiger partial charge in [0.1, 0.15) is 5.75 Å². The summed E-state index contributed by atoms with van der Waals surface area (Å²) in [6.45, 7) is 6.38. The maximum Gasteiger partial charge on any atom is 0.573 e. The molecule has 0 N–H and O–H groups in total. The van der Waals surface area contributed by atoms with E-state index in [2.05, 4.69) is 23.5 Å². The molecule has 2 unspecified atom stereocenters. The molecule has 1 aliphatic rings. The summed E-state index contributed by atoms with van der Waals surface area (Å²) in [7, 11) is 0. The first-order valence-corrected chi connectivity index (χ1v) is 6.45. The van der Waals surface area contributed by atoms with E-state index in [0.29, 0.717) is 5.92 Å². The van der Waals surface area contributed by atoms with Gasteiger partial charge in [0.2, 0.25) is 0 Å². The normalized spacial score (nSPS) is 22.5. The lowest BCUT2D eigenvalue weighted by Gasteiger charge is -2.24. The molecule has 5 heteroatoms. The van der Waals surface area contributed by atoms with Crippen molar-refractivity contribution in [2.45, 2.75) is 32.7 Å². The van der Waals surface area contributed by atoms with Crippen molar-refractivity contribution in [3.05, 3.63) is 29.8 Å². The highest BCUT2D eigenvalue weighted by Crippen LogP contribution is 2.29. The Morgan fingerprint density at radius 2 is 1.89 bits per heavy atom. The molecule has 0 aliphatic carbocycles. The van der Waals surface area contributed by atoms with Crippen LogP contribution in [0.15, 0.2) is 24.3 Å². The summed E-state index contributed by atoms with van der Waals surface area (Å²) in [6.07, 6.45) is -3.45. The van der Waals surface area contributed by atoms with E-state index in [1.54, 1.807) is 12.1 Å². The topological polar surface area (TPSA) is 12.5 Å². The van der Waals surface area contributed by atoms with E-state index in [9.17, 15) is 13.2 Å². The third kappa shape index (κ3) is 3.86. The van der Waals surface area contributed by atoms with Gasteiger partial charge in [-0.2, -0.15) is 0 Å². The van der Waals surface area contributed by atoms with Gasteiger partial charge in [0.25, 0.3) is 0 Å². The number of hydrogen-bond donors (Lipinski definition) is 0. The zero-order valence-corrected chi connectivity index (χ0v) is 11.1. The van der Waals surface area contributed by atoms with E-state index < -0.39 is 6.36 Å². The second-order valence-corrected chi connectivity index (χ2v) is 5.18. The van der Waals surface area contributed by atoms with Crippen LogP contribution in [0.5, 0.6) is 5.75 Å². The lowest BCUT2D eigenvalue weighted by atomic mass is 10.1. The number of ether oxygens (including phenoxy) is 1. The summed E-state index contributed by atoms with van der Waals surface area (Å²) in [5, 5.41) is 0. The molecule has 0 radical (unpaired) electrons. The van der Waals surface area contributed by atoms with Crippen LogP contribution in [0.4, 0.5) is 13.2 Å². The summed E-state index contributed by atoms with van der Waals surface area (Å²) >= 11 is 0. The Bertz CT molecular complexity index is 416. The van der Waals surface area contributed by atoms with Crippen molar-refractivity contribution in [2.75, 3.05) is 13.1 Å². The SMILES string of the molecule is CC1CCN(C(C)c2ccc(OC(F)(F)F)cc2)C1. The smallest absolute Gasteiger partial charge is 0.406 e. The highest BCUT2D eigenvalue weighted by molar-refractivity contribution is 5.29. The fraction of sp³-hybridized carbons (Fsp3) is 0.571. The molecule has 1 aromatic rings. The van der Waals surface area contributed by atoms with Gasteiger partial charge in [-0.3, -0.25) is 4.90 Å². The van der Waals surface area contributed by atoms with Crippen molar-refractivity contribution in [1.29, 1.82) is 0 Å². The first-order valence-electron chi connectivity index (χ1n) is 6.45. The predicted molar refractivity (Wildman–Crippen MR) is 66.9 cm³/mol. The highest BCUT2D eigenvalue weighted by atomic mass is 19.4. The van der Waals surface area contributed by atoms with Crippen LogP contribution in [-0.2, 0) is 0 Å². The van der Waals surface area contributed by atoms with Crippen LogP contribution in [0, 0.1) is 5.92 Å². The van der Waals surface area contributed by atoms with Crippen molar-refractivity contribution >= 4 is 0 Å². The Hall–Kier alpha value is -1.23. The molecule has 0 aromatic heterocycles. The third-order valence-electron chi connectivity index (χ3n) is 3.60. The van der Waals surface area contributed by atoms with E-state index >= 15 is 0 Å². The molecule has 1 saturated heterocycles. The number of rotatable bonds is 3. The molecular formula is C14H18F3NO. The van der Waals surface area contributed by atoms with Gasteiger partial charge < -0.3 is 4.74 Å². The van der Waals surface area contributed by atoms with Crippen LogP contribution in [0.1, 0.15) is 31.9 Å². The van der Waals surface area contributed by atoms with Crippen molar-refractivity contribution < 1.29 is 17.9 Å². The summed E-state index contributed by atoms with van der Waals surface area (Å²) in [5.74, 6) is 0.522. The Labute approximate surface area is 111 Å². The largest absolute Gasteiger partial charge is 0.573 e. The second kappa shape index (κ2) is 5.41.